The molecule has 0 saturated carbocycles. The van der Waals surface area contributed by atoms with E-state index in [1.807, 2.05) is 18.7 Å². The number of hydrogen-bond acceptors (Lipinski definition) is 4. The summed E-state index contributed by atoms with van der Waals surface area (Å²) in [6.07, 6.45) is 4.14. The van der Waals surface area contributed by atoms with Crippen molar-refractivity contribution >= 4 is 40.2 Å². The van der Waals surface area contributed by atoms with Crippen molar-refractivity contribution in [2.45, 2.75) is 56.5 Å². The van der Waals surface area contributed by atoms with Gasteiger partial charge in [-0.05, 0) is 50.8 Å². The van der Waals surface area contributed by atoms with Crippen LogP contribution in [0.5, 0.6) is 0 Å². The molecule has 1 aromatic carbocycles. The minimum Gasteiger partial charge on any atom is -0.342 e. The molecule has 1 saturated heterocycles. The number of nitrogens with zero attached hydrogens (tertiary/aromatic N) is 3. The number of hydrogen-bond donors (Lipinski definition) is 0. The van der Waals surface area contributed by atoms with Gasteiger partial charge in [0, 0.05) is 24.7 Å². The van der Waals surface area contributed by atoms with E-state index in [0.29, 0.717) is 27.6 Å². The molecule has 3 rings (SSSR count). The van der Waals surface area contributed by atoms with Gasteiger partial charge in [-0.15, -0.1) is 0 Å². The fourth-order valence-corrected chi connectivity index (χ4v) is 4.45. The summed E-state index contributed by atoms with van der Waals surface area (Å²) in [5.41, 5.74) is 0.503. The molecule has 0 N–H and O–H groups in total. The Labute approximate surface area is 162 Å². The lowest BCUT2D eigenvalue weighted by atomic mass is 10.1. The van der Waals surface area contributed by atoms with Gasteiger partial charge in [0.05, 0.1) is 16.2 Å². The lowest BCUT2D eigenvalue weighted by molar-refractivity contribution is -0.131. The van der Waals surface area contributed by atoms with E-state index in [0.717, 1.165) is 32.4 Å². The predicted molar refractivity (Wildman–Crippen MR) is 107 cm³/mol. The van der Waals surface area contributed by atoms with Crippen molar-refractivity contribution < 1.29 is 4.79 Å². The molecule has 2 heterocycles. The number of fused-ring (bicyclic) bond motifs is 1. The maximum Gasteiger partial charge on any atom is 0.262 e. The number of amides is 1. The molecule has 1 aliphatic heterocycles. The van der Waals surface area contributed by atoms with Gasteiger partial charge in [-0.1, -0.05) is 30.3 Å². The number of likely N-dealkylation sites (tertiary alicyclic amines) is 1. The normalized spacial score (nSPS) is 16.0. The van der Waals surface area contributed by atoms with Gasteiger partial charge in [-0.25, -0.2) is 4.98 Å². The van der Waals surface area contributed by atoms with E-state index in [-0.39, 0.29) is 16.7 Å². The summed E-state index contributed by atoms with van der Waals surface area (Å²) < 4.78 is 1.68. The van der Waals surface area contributed by atoms with Crippen LogP contribution < -0.4 is 5.56 Å². The lowest BCUT2D eigenvalue weighted by Crippen LogP contribution is -2.40. The smallest absolute Gasteiger partial charge is 0.262 e. The molecule has 5 nitrogen and oxygen atoms in total. The highest BCUT2D eigenvalue weighted by atomic mass is 35.5. The van der Waals surface area contributed by atoms with Crippen LogP contribution in [0.15, 0.2) is 28.2 Å². The number of piperidine rings is 1. The van der Waals surface area contributed by atoms with E-state index >= 15 is 0 Å². The summed E-state index contributed by atoms with van der Waals surface area (Å²) in [4.78, 5) is 32.2. The van der Waals surface area contributed by atoms with Crippen LogP contribution in [0.4, 0.5) is 0 Å². The first-order chi connectivity index (χ1) is 12.5. The number of rotatable bonds is 5. The van der Waals surface area contributed by atoms with E-state index in [9.17, 15) is 9.59 Å². The molecule has 1 fully saturated rings. The SMILES string of the molecule is CCCn1c(S[C@@H](C)C(=O)N2CCCCC2)nc2cc(Cl)ccc2c1=O. The highest BCUT2D eigenvalue weighted by molar-refractivity contribution is 8.00. The van der Waals surface area contributed by atoms with Gasteiger partial charge in [0.15, 0.2) is 5.16 Å². The zero-order valence-corrected chi connectivity index (χ0v) is 16.8. The third-order valence-electron chi connectivity index (χ3n) is 4.63. The summed E-state index contributed by atoms with van der Waals surface area (Å²) in [5, 5.41) is 1.41. The molecule has 26 heavy (non-hydrogen) atoms. The standard InChI is InChI=1S/C19H24ClN3O2S/c1-3-9-23-18(25)15-8-7-14(20)12-16(15)21-19(23)26-13(2)17(24)22-10-5-4-6-11-22/h7-8,12-13H,3-6,9-11H2,1-2H3/t13-/m0/s1. The quantitative estimate of drug-likeness (QED) is 0.570. The summed E-state index contributed by atoms with van der Waals surface area (Å²) in [5.74, 6) is 0.123. The molecule has 0 aliphatic carbocycles. The van der Waals surface area contributed by atoms with Crippen LogP contribution in [-0.4, -0.2) is 38.7 Å². The fraction of sp³-hybridized carbons (Fsp3) is 0.526. The van der Waals surface area contributed by atoms with Crippen molar-refractivity contribution in [1.29, 1.82) is 0 Å². The first kappa shape index (κ1) is 19.2. The van der Waals surface area contributed by atoms with E-state index in [4.69, 9.17) is 11.6 Å². The number of halogens is 1. The monoisotopic (exact) mass is 393 g/mol. The molecule has 1 amide bonds. The first-order valence-electron chi connectivity index (χ1n) is 9.16. The van der Waals surface area contributed by atoms with Gasteiger partial charge in [-0.2, -0.15) is 0 Å². The van der Waals surface area contributed by atoms with Gasteiger partial charge in [0.2, 0.25) is 5.91 Å². The minimum absolute atomic E-state index is 0.0753. The molecule has 1 aliphatic rings. The second-order valence-corrected chi connectivity index (χ2v) is 8.40. The number of benzene rings is 1. The largest absolute Gasteiger partial charge is 0.342 e. The topological polar surface area (TPSA) is 55.2 Å². The predicted octanol–water partition coefficient (Wildman–Crippen LogP) is 3.95. The molecule has 140 valence electrons. The number of carbonyl (C=O) groups is 1. The highest BCUT2D eigenvalue weighted by Gasteiger charge is 2.25. The Bertz CT molecular complexity index is 862. The average Bonchev–Trinajstić information content (AvgIpc) is 2.64. The number of aromatic nitrogens is 2. The first-order valence-corrected chi connectivity index (χ1v) is 10.4. The van der Waals surface area contributed by atoms with Crippen LogP contribution in [0, 0.1) is 0 Å². The zero-order valence-electron chi connectivity index (χ0n) is 15.2. The van der Waals surface area contributed by atoms with Gasteiger partial charge in [0.1, 0.15) is 0 Å². The van der Waals surface area contributed by atoms with Crippen LogP contribution in [-0.2, 0) is 11.3 Å². The Hall–Kier alpha value is -1.53. The molecular weight excluding hydrogens is 370 g/mol. The van der Waals surface area contributed by atoms with Crippen molar-refractivity contribution in [3.8, 4) is 0 Å². The van der Waals surface area contributed by atoms with Crippen molar-refractivity contribution in [2.24, 2.45) is 0 Å². The van der Waals surface area contributed by atoms with Crippen molar-refractivity contribution in [1.82, 2.24) is 14.5 Å². The third-order valence-corrected chi connectivity index (χ3v) is 5.94. The van der Waals surface area contributed by atoms with Gasteiger partial charge >= 0.3 is 0 Å². The van der Waals surface area contributed by atoms with Gasteiger partial charge in [-0.3, -0.25) is 14.2 Å². The number of carbonyl (C=O) groups excluding carboxylic acids is 1. The molecule has 1 aromatic heterocycles. The summed E-state index contributed by atoms with van der Waals surface area (Å²) >= 11 is 7.43. The van der Waals surface area contributed by atoms with Crippen LogP contribution in [0.25, 0.3) is 10.9 Å². The maximum absolute atomic E-state index is 12.9. The van der Waals surface area contributed by atoms with Crippen molar-refractivity contribution in [3.05, 3.63) is 33.6 Å². The van der Waals surface area contributed by atoms with Crippen LogP contribution in [0.2, 0.25) is 5.02 Å². The van der Waals surface area contributed by atoms with E-state index < -0.39 is 0 Å². The molecule has 0 radical (unpaired) electrons. The van der Waals surface area contributed by atoms with Gasteiger partial charge < -0.3 is 4.90 Å². The summed E-state index contributed by atoms with van der Waals surface area (Å²) in [6, 6.07) is 5.13. The Balaban J connectivity index is 1.93. The summed E-state index contributed by atoms with van der Waals surface area (Å²) in [7, 11) is 0. The molecular formula is C19H24ClN3O2S. The van der Waals surface area contributed by atoms with Crippen LogP contribution >= 0.6 is 23.4 Å². The van der Waals surface area contributed by atoms with E-state index in [2.05, 4.69) is 4.98 Å². The molecule has 2 aromatic rings. The lowest BCUT2D eigenvalue weighted by Gasteiger charge is -2.29. The second kappa shape index (κ2) is 8.44. The maximum atomic E-state index is 12.9. The second-order valence-electron chi connectivity index (χ2n) is 6.66. The van der Waals surface area contributed by atoms with Gasteiger partial charge in [0.25, 0.3) is 5.56 Å². The summed E-state index contributed by atoms with van der Waals surface area (Å²) in [6.45, 7) is 6.15. The molecule has 0 spiro atoms. The minimum atomic E-state index is -0.278. The fourth-order valence-electron chi connectivity index (χ4n) is 3.26. The Morgan fingerprint density at radius 2 is 2.04 bits per heavy atom. The molecule has 0 unspecified atom stereocenters. The third kappa shape index (κ3) is 4.07. The molecule has 1 atom stereocenters. The average molecular weight is 394 g/mol. The van der Waals surface area contributed by atoms with E-state index in [1.165, 1.54) is 18.2 Å². The Morgan fingerprint density at radius 3 is 2.73 bits per heavy atom. The van der Waals surface area contributed by atoms with Crippen LogP contribution in [0.1, 0.15) is 39.5 Å². The highest BCUT2D eigenvalue weighted by Crippen LogP contribution is 2.26. The number of thioether (sulfide) groups is 1. The Kier molecular flexibility index (Phi) is 6.24. The Morgan fingerprint density at radius 1 is 1.31 bits per heavy atom. The van der Waals surface area contributed by atoms with Crippen molar-refractivity contribution in [2.75, 3.05) is 13.1 Å². The zero-order chi connectivity index (χ0) is 18.7. The van der Waals surface area contributed by atoms with E-state index in [1.54, 1.807) is 22.8 Å². The van der Waals surface area contributed by atoms with Crippen LogP contribution in [0.3, 0.4) is 0 Å². The molecule has 0 bridgehead atoms. The van der Waals surface area contributed by atoms with Crippen molar-refractivity contribution in [3.63, 3.8) is 0 Å². The molecule has 7 heteroatoms.